The van der Waals surface area contributed by atoms with E-state index in [4.69, 9.17) is 4.43 Å². The molecule has 1 aromatic heterocycles. The van der Waals surface area contributed by atoms with Crippen LogP contribution >= 0.6 is 0 Å². The zero-order valence-corrected chi connectivity index (χ0v) is 13.4. The molecule has 104 valence electrons. The highest BCUT2D eigenvalue weighted by Gasteiger charge is 2.17. The number of aliphatic imine (C=N–C) groups is 1. The number of nitrogens with zero attached hydrogens (tertiary/aromatic N) is 2. The fourth-order valence-electron chi connectivity index (χ4n) is 1.74. The summed E-state index contributed by atoms with van der Waals surface area (Å²) in [5.74, 6) is 0.844. The molecular formula is C16H20N2OSi. The summed E-state index contributed by atoms with van der Waals surface area (Å²) in [6, 6.07) is 11.8. The molecule has 2 aromatic rings. The number of para-hydroxylation sites is 2. The highest BCUT2D eigenvalue weighted by atomic mass is 28.4. The zero-order valence-electron chi connectivity index (χ0n) is 12.4. The first-order chi connectivity index (χ1) is 9.46. The van der Waals surface area contributed by atoms with Gasteiger partial charge in [-0.1, -0.05) is 18.2 Å². The molecule has 0 radical (unpaired) electrons. The lowest BCUT2D eigenvalue weighted by Gasteiger charge is -2.20. The van der Waals surface area contributed by atoms with Gasteiger partial charge in [-0.3, -0.25) is 9.98 Å². The van der Waals surface area contributed by atoms with Gasteiger partial charge in [0, 0.05) is 6.20 Å². The van der Waals surface area contributed by atoms with Crippen molar-refractivity contribution in [3.63, 3.8) is 0 Å². The number of aryl methyl sites for hydroxylation is 1. The molecule has 1 heterocycles. The topological polar surface area (TPSA) is 34.5 Å². The highest BCUT2D eigenvalue weighted by Crippen LogP contribution is 2.29. The number of rotatable bonds is 4. The van der Waals surface area contributed by atoms with Gasteiger partial charge in [-0.25, -0.2) is 0 Å². The summed E-state index contributed by atoms with van der Waals surface area (Å²) in [6.07, 6.45) is 3.57. The molecule has 0 aliphatic rings. The SMILES string of the molecule is Cc1cccnc1C=Nc1ccccc1O[Si](C)(C)C. The molecule has 0 saturated carbocycles. The first kappa shape index (κ1) is 14.5. The number of hydrogen-bond acceptors (Lipinski definition) is 3. The average molecular weight is 284 g/mol. The van der Waals surface area contributed by atoms with E-state index >= 15 is 0 Å². The third-order valence-electron chi connectivity index (χ3n) is 2.66. The number of pyridine rings is 1. The van der Waals surface area contributed by atoms with E-state index in [0.717, 1.165) is 22.7 Å². The van der Waals surface area contributed by atoms with Crippen molar-refractivity contribution in [3.8, 4) is 5.75 Å². The first-order valence-corrected chi connectivity index (χ1v) is 10.1. The second kappa shape index (κ2) is 6.01. The van der Waals surface area contributed by atoms with Crippen molar-refractivity contribution in [3.05, 3.63) is 53.9 Å². The Morgan fingerprint density at radius 1 is 1.10 bits per heavy atom. The molecule has 4 heteroatoms. The van der Waals surface area contributed by atoms with E-state index < -0.39 is 8.32 Å². The number of aromatic nitrogens is 1. The van der Waals surface area contributed by atoms with Crippen molar-refractivity contribution >= 4 is 20.2 Å². The zero-order chi connectivity index (χ0) is 14.6. The van der Waals surface area contributed by atoms with Gasteiger partial charge in [0.25, 0.3) is 0 Å². The molecular weight excluding hydrogens is 264 g/mol. The standard InChI is InChI=1S/C16H20N2OSi/c1-13-8-7-11-17-15(13)12-18-14-9-5-6-10-16(14)19-20(2,3)4/h5-12H,1-4H3. The molecule has 0 spiro atoms. The van der Waals surface area contributed by atoms with E-state index in [9.17, 15) is 0 Å². The highest BCUT2D eigenvalue weighted by molar-refractivity contribution is 6.70. The third-order valence-corrected chi connectivity index (χ3v) is 3.49. The lowest BCUT2D eigenvalue weighted by molar-refractivity contribution is 0.559. The van der Waals surface area contributed by atoms with Crippen LogP contribution in [0.1, 0.15) is 11.3 Å². The fraction of sp³-hybridized carbons (Fsp3) is 0.250. The summed E-state index contributed by atoms with van der Waals surface area (Å²) >= 11 is 0. The van der Waals surface area contributed by atoms with E-state index in [-0.39, 0.29) is 0 Å². The minimum Gasteiger partial charge on any atom is -0.543 e. The van der Waals surface area contributed by atoms with Gasteiger partial charge in [0.15, 0.2) is 0 Å². The van der Waals surface area contributed by atoms with Crippen LogP contribution in [-0.2, 0) is 0 Å². The van der Waals surface area contributed by atoms with Crippen LogP contribution in [0.3, 0.4) is 0 Å². The predicted molar refractivity (Wildman–Crippen MR) is 86.6 cm³/mol. The molecule has 0 aliphatic heterocycles. The molecule has 0 unspecified atom stereocenters. The maximum Gasteiger partial charge on any atom is 0.242 e. The summed E-state index contributed by atoms with van der Waals surface area (Å²) in [7, 11) is -1.64. The van der Waals surface area contributed by atoms with Crippen molar-refractivity contribution in [2.75, 3.05) is 0 Å². The quantitative estimate of drug-likeness (QED) is 0.618. The van der Waals surface area contributed by atoms with E-state index in [1.807, 2.05) is 43.3 Å². The van der Waals surface area contributed by atoms with E-state index in [1.165, 1.54) is 0 Å². The molecule has 3 nitrogen and oxygen atoms in total. The molecule has 1 aromatic carbocycles. The van der Waals surface area contributed by atoms with Crippen molar-refractivity contribution in [1.82, 2.24) is 4.98 Å². The summed E-state index contributed by atoms with van der Waals surface area (Å²) in [6.45, 7) is 8.52. The van der Waals surface area contributed by atoms with Crippen LogP contribution in [0.2, 0.25) is 19.6 Å². The smallest absolute Gasteiger partial charge is 0.242 e. The van der Waals surface area contributed by atoms with E-state index in [1.54, 1.807) is 12.4 Å². The Morgan fingerprint density at radius 2 is 1.85 bits per heavy atom. The van der Waals surface area contributed by atoms with Gasteiger partial charge >= 0.3 is 0 Å². The molecule has 2 rings (SSSR count). The maximum atomic E-state index is 6.06. The van der Waals surface area contributed by atoms with Gasteiger partial charge in [-0.15, -0.1) is 0 Å². The summed E-state index contributed by atoms with van der Waals surface area (Å²) in [4.78, 5) is 8.85. The summed E-state index contributed by atoms with van der Waals surface area (Å²) in [5, 5.41) is 0. The minimum absolute atomic E-state index is 0.844. The average Bonchev–Trinajstić information content (AvgIpc) is 2.37. The van der Waals surface area contributed by atoms with Crippen molar-refractivity contribution in [2.45, 2.75) is 26.6 Å². The van der Waals surface area contributed by atoms with Gasteiger partial charge in [0.05, 0.1) is 11.9 Å². The number of benzene rings is 1. The monoisotopic (exact) mass is 284 g/mol. The Hall–Kier alpha value is -1.94. The van der Waals surface area contributed by atoms with Crippen LogP contribution < -0.4 is 4.43 Å². The van der Waals surface area contributed by atoms with Crippen molar-refractivity contribution in [1.29, 1.82) is 0 Å². The molecule has 0 fully saturated rings. The molecule has 0 saturated heterocycles. The largest absolute Gasteiger partial charge is 0.543 e. The summed E-state index contributed by atoms with van der Waals surface area (Å²) in [5.41, 5.74) is 2.84. The Morgan fingerprint density at radius 3 is 2.55 bits per heavy atom. The molecule has 0 aliphatic carbocycles. The number of hydrogen-bond donors (Lipinski definition) is 0. The Balaban J connectivity index is 2.28. The Kier molecular flexibility index (Phi) is 4.34. The lowest BCUT2D eigenvalue weighted by atomic mass is 10.2. The van der Waals surface area contributed by atoms with Gasteiger partial charge < -0.3 is 4.43 Å². The van der Waals surface area contributed by atoms with Crippen LogP contribution in [0.15, 0.2) is 47.6 Å². The van der Waals surface area contributed by atoms with Crippen LogP contribution in [0, 0.1) is 6.92 Å². The molecule has 0 atom stereocenters. The van der Waals surface area contributed by atoms with Gasteiger partial charge in [0.2, 0.25) is 8.32 Å². The molecule has 0 amide bonds. The van der Waals surface area contributed by atoms with E-state index in [0.29, 0.717) is 0 Å². The normalized spacial score (nSPS) is 11.8. The molecule has 0 N–H and O–H groups in total. The first-order valence-electron chi connectivity index (χ1n) is 6.69. The minimum atomic E-state index is -1.64. The third kappa shape index (κ3) is 4.03. The Bertz CT molecular complexity index is 618. The van der Waals surface area contributed by atoms with Crippen LogP contribution in [0.5, 0.6) is 5.75 Å². The lowest BCUT2D eigenvalue weighted by Crippen LogP contribution is -2.29. The van der Waals surface area contributed by atoms with Crippen LogP contribution in [-0.4, -0.2) is 19.5 Å². The van der Waals surface area contributed by atoms with Gasteiger partial charge in [0.1, 0.15) is 11.4 Å². The van der Waals surface area contributed by atoms with Crippen molar-refractivity contribution < 1.29 is 4.43 Å². The van der Waals surface area contributed by atoms with Crippen LogP contribution in [0.4, 0.5) is 5.69 Å². The second-order valence-corrected chi connectivity index (χ2v) is 10.1. The van der Waals surface area contributed by atoms with Gasteiger partial charge in [-0.2, -0.15) is 0 Å². The maximum absolute atomic E-state index is 6.06. The second-order valence-electron chi connectivity index (χ2n) is 5.65. The van der Waals surface area contributed by atoms with E-state index in [2.05, 4.69) is 29.6 Å². The van der Waals surface area contributed by atoms with Crippen molar-refractivity contribution in [2.24, 2.45) is 4.99 Å². The van der Waals surface area contributed by atoms with Crippen LogP contribution in [0.25, 0.3) is 0 Å². The summed E-state index contributed by atoms with van der Waals surface area (Å²) < 4.78 is 6.06. The van der Waals surface area contributed by atoms with Gasteiger partial charge in [-0.05, 0) is 50.3 Å². The molecule has 20 heavy (non-hydrogen) atoms. The Labute approximate surface area is 121 Å². The predicted octanol–water partition coefficient (Wildman–Crippen LogP) is 4.35. The molecule has 0 bridgehead atoms. The fourth-order valence-corrected chi connectivity index (χ4v) is 2.58.